The highest BCUT2D eigenvalue weighted by Crippen LogP contribution is 2.32. The third-order valence-electron chi connectivity index (χ3n) is 3.00. The van der Waals surface area contributed by atoms with Gasteiger partial charge in [-0.15, -0.1) is 0 Å². The van der Waals surface area contributed by atoms with Crippen molar-refractivity contribution >= 4 is 16.1 Å². The van der Waals surface area contributed by atoms with Crippen LogP contribution in [0, 0.1) is 5.82 Å². The van der Waals surface area contributed by atoms with Crippen LogP contribution in [-0.4, -0.2) is 28.1 Å². The van der Waals surface area contributed by atoms with Gasteiger partial charge in [0.2, 0.25) is 0 Å². The molecule has 0 aliphatic rings. The molecule has 0 aliphatic carbocycles. The van der Waals surface area contributed by atoms with Gasteiger partial charge in [0.05, 0.1) is 7.11 Å². The van der Waals surface area contributed by atoms with E-state index in [0.29, 0.717) is 28.7 Å². The summed E-state index contributed by atoms with van der Waals surface area (Å²) in [5, 5.41) is 0. The van der Waals surface area contributed by atoms with Gasteiger partial charge in [-0.1, -0.05) is 6.07 Å². The average molecular weight is 308 g/mol. The van der Waals surface area contributed by atoms with E-state index in [9.17, 15) is 17.6 Å². The molecule has 0 atom stereocenters. The number of ether oxygens (including phenoxy) is 1. The summed E-state index contributed by atoms with van der Waals surface area (Å²) >= 11 is 0. The van der Waals surface area contributed by atoms with Crippen molar-refractivity contribution in [1.82, 2.24) is 0 Å². The number of carbonyl (C=O) groups excluding carboxylic acids is 1. The number of aldehydes is 1. The van der Waals surface area contributed by atoms with E-state index in [4.69, 9.17) is 4.74 Å². The maximum absolute atomic E-state index is 13.6. The van der Waals surface area contributed by atoms with Crippen LogP contribution >= 0.6 is 0 Å². The van der Waals surface area contributed by atoms with E-state index in [0.717, 1.165) is 12.3 Å². The summed E-state index contributed by atoms with van der Waals surface area (Å²) in [5.74, 6) is -0.349. The molecule has 110 valence electrons. The molecule has 6 heteroatoms. The zero-order chi connectivity index (χ0) is 15.6. The number of carbonyl (C=O) groups is 1. The third kappa shape index (κ3) is 3.11. The molecule has 0 amide bonds. The van der Waals surface area contributed by atoms with Crippen molar-refractivity contribution in [1.29, 1.82) is 0 Å². The zero-order valence-corrected chi connectivity index (χ0v) is 12.3. The van der Waals surface area contributed by atoms with Crippen molar-refractivity contribution in [2.24, 2.45) is 0 Å². The predicted octanol–water partition coefficient (Wildman–Crippen LogP) is 2.72. The van der Waals surface area contributed by atoms with Gasteiger partial charge in [-0.05, 0) is 35.9 Å². The predicted molar refractivity (Wildman–Crippen MR) is 76.9 cm³/mol. The lowest BCUT2D eigenvalue weighted by molar-refractivity contribution is 0.112. The first-order valence-corrected chi connectivity index (χ1v) is 7.89. The van der Waals surface area contributed by atoms with Gasteiger partial charge < -0.3 is 4.74 Å². The quantitative estimate of drug-likeness (QED) is 0.815. The van der Waals surface area contributed by atoms with Gasteiger partial charge in [-0.3, -0.25) is 4.79 Å². The molecular formula is C15H13FO4S. The van der Waals surface area contributed by atoms with Crippen molar-refractivity contribution < 1.29 is 22.3 Å². The van der Waals surface area contributed by atoms with Gasteiger partial charge in [-0.2, -0.15) is 0 Å². The molecule has 2 aromatic rings. The Bertz CT molecular complexity index is 797. The Labute approximate surface area is 122 Å². The van der Waals surface area contributed by atoms with Gasteiger partial charge in [0.15, 0.2) is 9.84 Å². The van der Waals surface area contributed by atoms with E-state index in [-0.39, 0.29) is 0 Å². The number of hydrogen-bond donors (Lipinski definition) is 0. The Morgan fingerprint density at radius 2 is 1.86 bits per heavy atom. The fourth-order valence-electron chi connectivity index (χ4n) is 1.98. The Morgan fingerprint density at radius 1 is 1.14 bits per heavy atom. The van der Waals surface area contributed by atoms with E-state index in [1.807, 2.05) is 0 Å². The standard InChI is InChI=1S/C15H13FO4S/c1-20-14-6-3-10(9-17)7-12(14)11-4-5-13(16)15(8-11)21(2,18)19/h3-9H,1-2H3. The van der Waals surface area contributed by atoms with Crippen LogP contribution < -0.4 is 4.74 Å². The van der Waals surface area contributed by atoms with Crippen LogP contribution in [0.2, 0.25) is 0 Å². The first-order chi connectivity index (χ1) is 9.86. The fraction of sp³-hybridized carbons (Fsp3) is 0.133. The molecule has 0 aromatic heterocycles. The maximum atomic E-state index is 13.6. The summed E-state index contributed by atoms with van der Waals surface area (Å²) in [5.41, 5.74) is 1.39. The van der Waals surface area contributed by atoms with E-state index in [1.165, 1.54) is 19.2 Å². The summed E-state index contributed by atoms with van der Waals surface area (Å²) in [4.78, 5) is 10.5. The molecule has 0 aliphatic heterocycles. The molecule has 21 heavy (non-hydrogen) atoms. The summed E-state index contributed by atoms with van der Waals surface area (Å²) < 4.78 is 42.0. The fourth-order valence-corrected chi connectivity index (χ4v) is 2.74. The van der Waals surface area contributed by atoms with E-state index in [2.05, 4.69) is 0 Å². The first-order valence-electron chi connectivity index (χ1n) is 6.00. The summed E-state index contributed by atoms with van der Waals surface area (Å²) in [6.45, 7) is 0. The third-order valence-corrected chi connectivity index (χ3v) is 4.11. The molecule has 0 saturated carbocycles. The molecule has 0 fully saturated rings. The topological polar surface area (TPSA) is 60.4 Å². The van der Waals surface area contributed by atoms with Crippen LogP contribution in [-0.2, 0) is 9.84 Å². The largest absolute Gasteiger partial charge is 0.496 e. The highest BCUT2D eigenvalue weighted by molar-refractivity contribution is 7.90. The molecule has 0 radical (unpaired) electrons. The van der Waals surface area contributed by atoms with Gasteiger partial charge in [-0.25, -0.2) is 12.8 Å². The lowest BCUT2D eigenvalue weighted by atomic mass is 10.0. The number of rotatable bonds is 4. The van der Waals surface area contributed by atoms with Gasteiger partial charge in [0.1, 0.15) is 22.7 Å². The van der Waals surface area contributed by atoms with Crippen molar-refractivity contribution in [2.45, 2.75) is 4.90 Å². The van der Waals surface area contributed by atoms with Crippen molar-refractivity contribution in [3.05, 3.63) is 47.8 Å². The second-order valence-corrected chi connectivity index (χ2v) is 6.48. The number of halogens is 1. The van der Waals surface area contributed by atoms with Crippen LogP contribution in [0.5, 0.6) is 5.75 Å². The number of hydrogen-bond acceptors (Lipinski definition) is 4. The van der Waals surface area contributed by atoms with Crippen LogP contribution in [0.4, 0.5) is 4.39 Å². The van der Waals surface area contributed by atoms with E-state index in [1.54, 1.807) is 18.2 Å². The molecule has 2 rings (SSSR count). The van der Waals surface area contributed by atoms with Gasteiger partial charge in [0.25, 0.3) is 0 Å². The lowest BCUT2D eigenvalue weighted by Crippen LogP contribution is -2.01. The van der Waals surface area contributed by atoms with Crippen molar-refractivity contribution in [2.75, 3.05) is 13.4 Å². The molecule has 0 saturated heterocycles. The molecular weight excluding hydrogens is 295 g/mol. The molecule has 4 nitrogen and oxygen atoms in total. The Balaban J connectivity index is 2.70. The molecule has 0 spiro atoms. The summed E-state index contributed by atoms with van der Waals surface area (Å²) in [6.07, 6.45) is 1.61. The minimum atomic E-state index is -3.68. The van der Waals surface area contributed by atoms with Gasteiger partial charge >= 0.3 is 0 Å². The second-order valence-electron chi connectivity index (χ2n) is 4.49. The Morgan fingerprint density at radius 3 is 2.43 bits per heavy atom. The smallest absolute Gasteiger partial charge is 0.178 e. The monoisotopic (exact) mass is 308 g/mol. The number of benzene rings is 2. The average Bonchev–Trinajstić information content (AvgIpc) is 2.46. The van der Waals surface area contributed by atoms with Crippen molar-refractivity contribution in [3.8, 4) is 16.9 Å². The number of sulfone groups is 1. The summed E-state index contributed by atoms with van der Waals surface area (Å²) in [6, 6.07) is 8.50. The van der Waals surface area contributed by atoms with Gasteiger partial charge in [0, 0.05) is 17.4 Å². The second kappa shape index (κ2) is 5.65. The van der Waals surface area contributed by atoms with Crippen molar-refractivity contribution in [3.63, 3.8) is 0 Å². The number of methoxy groups -OCH3 is 1. The highest BCUT2D eigenvalue weighted by atomic mass is 32.2. The maximum Gasteiger partial charge on any atom is 0.178 e. The van der Waals surface area contributed by atoms with Crippen LogP contribution in [0.15, 0.2) is 41.3 Å². The van der Waals surface area contributed by atoms with Crippen LogP contribution in [0.3, 0.4) is 0 Å². The Kier molecular flexibility index (Phi) is 4.09. The minimum Gasteiger partial charge on any atom is -0.496 e. The Hall–Kier alpha value is -2.21. The SMILES string of the molecule is COc1ccc(C=O)cc1-c1ccc(F)c(S(C)(=O)=O)c1. The first kappa shape index (κ1) is 15.2. The van der Waals surface area contributed by atoms with E-state index < -0.39 is 20.5 Å². The minimum absolute atomic E-state index is 0.390. The highest BCUT2D eigenvalue weighted by Gasteiger charge is 2.16. The lowest BCUT2D eigenvalue weighted by Gasteiger charge is -2.11. The molecule has 0 bridgehead atoms. The zero-order valence-electron chi connectivity index (χ0n) is 11.5. The van der Waals surface area contributed by atoms with Crippen LogP contribution in [0.1, 0.15) is 10.4 Å². The molecule has 2 aromatic carbocycles. The molecule has 0 heterocycles. The molecule has 0 unspecified atom stereocenters. The molecule has 0 N–H and O–H groups in total. The van der Waals surface area contributed by atoms with E-state index >= 15 is 0 Å². The van der Waals surface area contributed by atoms with Crippen LogP contribution in [0.25, 0.3) is 11.1 Å². The normalized spacial score (nSPS) is 11.2. The summed E-state index contributed by atoms with van der Waals surface area (Å²) in [7, 11) is -2.23.